The lowest BCUT2D eigenvalue weighted by Gasteiger charge is -2.10. The van der Waals surface area contributed by atoms with E-state index in [0.717, 1.165) is 17.7 Å². The third kappa shape index (κ3) is 3.98. The van der Waals surface area contributed by atoms with Crippen LogP contribution in [0.2, 0.25) is 0 Å². The molecule has 0 aliphatic rings. The van der Waals surface area contributed by atoms with Gasteiger partial charge in [-0.15, -0.1) is 0 Å². The highest BCUT2D eigenvalue weighted by molar-refractivity contribution is 6.15. The molecule has 0 aromatic heterocycles. The van der Waals surface area contributed by atoms with Crippen LogP contribution in [0.1, 0.15) is 15.9 Å². The highest BCUT2D eigenvalue weighted by atomic mass is 19.1. The lowest BCUT2D eigenvalue weighted by Crippen LogP contribution is -2.28. The molecule has 1 atom stereocenters. The van der Waals surface area contributed by atoms with Gasteiger partial charge in [-0.1, -0.05) is 12.1 Å². The molecule has 0 radical (unpaired) electrons. The van der Waals surface area contributed by atoms with E-state index in [1.54, 1.807) is 24.3 Å². The van der Waals surface area contributed by atoms with Gasteiger partial charge in [-0.3, -0.25) is 9.59 Å². The van der Waals surface area contributed by atoms with Gasteiger partial charge in [-0.05, 0) is 36.8 Å². The number of nitriles is 1. The van der Waals surface area contributed by atoms with Crippen molar-refractivity contribution >= 4 is 17.4 Å². The van der Waals surface area contributed by atoms with E-state index in [1.165, 1.54) is 0 Å². The Morgan fingerprint density at radius 2 is 1.78 bits per heavy atom. The predicted octanol–water partition coefficient (Wildman–Crippen LogP) is 3.23. The second kappa shape index (κ2) is 6.79. The van der Waals surface area contributed by atoms with Crippen LogP contribution >= 0.6 is 0 Å². The van der Waals surface area contributed by atoms with Crippen LogP contribution in [0.5, 0.6) is 0 Å². The first-order valence-corrected chi connectivity index (χ1v) is 6.68. The van der Waals surface area contributed by atoms with Crippen molar-refractivity contribution in [1.82, 2.24) is 0 Å². The second-order valence-corrected chi connectivity index (χ2v) is 4.94. The molecule has 0 unspecified atom stereocenters. The zero-order valence-corrected chi connectivity index (χ0v) is 12.1. The zero-order valence-electron chi connectivity index (χ0n) is 12.1. The summed E-state index contributed by atoms with van der Waals surface area (Å²) in [5.41, 5.74) is 0.941. The fourth-order valence-electron chi connectivity index (χ4n) is 2.04. The Morgan fingerprint density at radius 1 is 1.13 bits per heavy atom. The average molecular weight is 314 g/mol. The molecule has 2 aromatic carbocycles. The summed E-state index contributed by atoms with van der Waals surface area (Å²) in [6.07, 6.45) is 0. The van der Waals surface area contributed by atoms with Gasteiger partial charge in [-0.25, -0.2) is 8.78 Å². The van der Waals surface area contributed by atoms with Gasteiger partial charge in [0.1, 0.15) is 11.6 Å². The number of halogens is 2. The quantitative estimate of drug-likeness (QED) is 0.696. The number of benzene rings is 2. The van der Waals surface area contributed by atoms with Crippen LogP contribution in [0.3, 0.4) is 0 Å². The summed E-state index contributed by atoms with van der Waals surface area (Å²) in [5.74, 6) is -5.42. The van der Waals surface area contributed by atoms with E-state index in [-0.39, 0.29) is 5.56 Å². The van der Waals surface area contributed by atoms with E-state index in [0.29, 0.717) is 11.8 Å². The van der Waals surface area contributed by atoms with Gasteiger partial charge in [-0.2, -0.15) is 5.26 Å². The maximum Gasteiger partial charge on any atom is 0.249 e. The van der Waals surface area contributed by atoms with Gasteiger partial charge in [0.2, 0.25) is 5.91 Å². The van der Waals surface area contributed by atoms with Crippen molar-refractivity contribution in [3.8, 4) is 6.07 Å². The summed E-state index contributed by atoms with van der Waals surface area (Å²) in [7, 11) is 0. The first-order chi connectivity index (χ1) is 10.9. The summed E-state index contributed by atoms with van der Waals surface area (Å²) in [5, 5.41) is 11.5. The van der Waals surface area contributed by atoms with Crippen molar-refractivity contribution in [1.29, 1.82) is 5.26 Å². The number of carbonyl (C=O) groups is 2. The maximum atomic E-state index is 13.2. The first-order valence-electron chi connectivity index (χ1n) is 6.68. The number of amides is 1. The average Bonchev–Trinajstić information content (AvgIpc) is 2.46. The summed E-state index contributed by atoms with van der Waals surface area (Å²) >= 11 is 0. The molecule has 23 heavy (non-hydrogen) atoms. The highest BCUT2D eigenvalue weighted by Crippen LogP contribution is 2.16. The molecule has 2 aromatic rings. The molecule has 0 fully saturated rings. The number of hydrogen-bond acceptors (Lipinski definition) is 3. The normalized spacial score (nSPS) is 11.4. The molecular weight excluding hydrogens is 302 g/mol. The monoisotopic (exact) mass is 314 g/mol. The minimum Gasteiger partial charge on any atom is -0.325 e. The third-order valence-electron chi connectivity index (χ3n) is 3.09. The number of hydrogen-bond donors (Lipinski definition) is 1. The second-order valence-electron chi connectivity index (χ2n) is 4.94. The van der Waals surface area contributed by atoms with Crippen molar-refractivity contribution < 1.29 is 18.4 Å². The SMILES string of the molecule is Cc1cccc(NC(=O)[C@H](C#N)C(=O)c2cc(F)cc(F)c2)c1. The Bertz CT molecular complexity index is 792. The van der Waals surface area contributed by atoms with Gasteiger partial charge in [0.15, 0.2) is 11.7 Å². The maximum absolute atomic E-state index is 13.2. The van der Waals surface area contributed by atoms with Gasteiger partial charge in [0.05, 0.1) is 6.07 Å². The standard InChI is InChI=1S/C17H12F2N2O2/c1-10-3-2-4-14(5-10)21-17(23)15(9-20)16(22)11-6-12(18)8-13(19)7-11/h2-8,15H,1H3,(H,21,23)/t15-/m1/s1. The topological polar surface area (TPSA) is 70.0 Å². The number of nitrogens with one attached hydrogen (secondary N) is 1. The number of carbonyl (C=O) groups excluding carboxylic acids is 2. The summed E-state index contributed by atoms with van der Waals surface area (Å²) in [6.45, 7) is 1.82. The number of Topliss-reactive ketones (excluding diaryl/α,β-unsaturated/α-hetero) is 1. The Kier molecular flexibility index (Phi) is 4.82. The van der Waals surface area contributed by atoms with E-state index in [1.807, 2.05) is 13.0 Å². The molecule has 6 heteroatoms. The Labute approximate surface area is 131 Å². The van der Waals surface area contributed by atoms with Crippen molar-refractivity contribution in [2.75, 3.05) is 5.32 Å². The van der Waals surface area contributed by atoms with Crippen LogP contribution in [0.15, 0.2) is 42.5 Å². The first kappa shape index (κ1) is 16.3. The summed E-state index contributed by atoms with van der Waals surface area (Å²) < 4.78 is 26.3. The number of ketones is 1. The van der Waals surface area contributed by atoms with E-state index in [2.05, 4.69) is 5.32 Å². The predicted molar refractivity (Wildman–Crippen MR) is 79.6 cm³/mol. The Hall–Kier alpha value is -3.07. The fraction of sp³-hybridized carbons (Fsp3) is 0.118. The largest absolute Gasteiger partial charge is 0.325 e. The van der Waals surface area contributed by atoms with Crippen LogP contribution in [0, 0.1) is 35.8 Å². The zero-order chi connectivity index (χ0) is 17.0. The Balaban J connectivity index is 2.23. The van der Waals surface area contributed by atoms with Crippen LogP contribution in [0.4, 0.5) is 14.5 Å². The molecule has 0 bridgehead atoms. The lowest BCUT2D eigenvalue weighted by atomic mass is 9.97. The molecule has 1 amide bonds. The molecule has 0 aliphatic heterocycles. The van der Waals surface area contributed by atoms with Crippen molar-refractivity contribution in [2.24, 2.45) is 5.92 Å². The molecule has 0 heterocycles. The number of nitrogens with zero attached hydrogens (tertiary/aromatic N) is 1. The third-order valence-corrected chi connectivity index (χ3v) is 3.09. The molecule has 0 aliphatic carbocycles. The van der Waals surface area contributed by atoms with Crippen molar-refractivity contribution in [3.63, 3.8) is 0 Å². The van der Waals surface area contributed by atoms with Gasteiger partial charge < -0.3 is 5.32 Å². The molecule has 0 saturated carbocycles. The molecular formula is C17H12F2N2O2. The van der Waals surface area contributed by atoms with Crippen molar-refractivity contribution in [3.05, 3.63) is 65.2 Å². The van der Waals surface area contributed by atoms with Gasteiger partial charge >= 0.3 is 0 Å². The molecule has 1 N–H and O–H groups in total. The van der Waals surface area contributed by atoms with Crippen LogP contribution in [0.25, 0.3) is 0 Å². The molecule has 2 rings (SSSR count). The van der Waals surface area contributed by atoms with Crippen LogP contribution < -0.4 is 5.32 Å². The van der Waals surface area contributed by atoms with Gasteiger partial charge in [0, 0.05) is 17.3 Å². The number of aryl methyl sites for hydroxylation is 1. The molecule has 0 saturated heterocycles. The number of anilines is 1. The smallest absolute Gasteiger partial charge is 0.249 e. The van der Waals surface area contributed by atoms with Crippen LogP contribution in [-0.4, -0.2) is 11.7 Å². The lowest BCUT2D eigenvalue weighted by molar-refractivity contribution is -0.117. The van der Waals surface area contributed by atoms with E-state index >= 15 is 0 Å². The van der Waals surface area contributed by atoms with E-state index < -0.39 is 29.2 Å². The summed E-state index contributed by atoms with van der Waals surface area (Å²) in [4.78, 5) is 24.3. The minimum atomic E-state index is -1.70. The Morgan fingerprint density at radius 3 is 2.35 bits per heavy atom. The molecule has 0 spiro atoms. The minimum absolute atomic E-state index is 0.367. The molecule has 116 valence electrons. The summed E-state index contributed by atoms with van der Waals surface area (Å²) in [6, 6.07) is 10.5. The van der Waals surface area contributed by atoms with E-state index in [9.17, 15) is 18.4 Å². The number of rotatable bonds is 4. The van der Waals surface area contributed by atoms with Crippen molar-refractivity contribution in [2.45, 2.75) is 6.92 Å². The molecule has 4 nitrogen and oxygen atoms in total. The highest BCUT2D eigenvalue weighted by Gasteiger charge is 2.28. The van der Waals surface area contributed by atoms with Gasteiger partial charge in [0.25, 0.3) is 0 Å². The van der Waals surface area contributed by atoms with E-state index in [4.69, 9.17) is 5.26 Å². The van der Waals surface area contributed by atoms with Crippen LogP contribution in [-0.2, 0) is 4.79 Å². The fourth-order valence-corrected chi connectivity index (χ4v) is 2.04.